The Morgan fingerprint density at radius 2 is 1.29 bits per heavy atom. The number of carbonyl (C=O) groups is 7. The number of hydrogen-bond acceptors (Lipinski definition) is 21. The van der Waals surface area contributed by atoms with Crippen molar-refractivity contribution in [1.82, 2.24) is 10.6 Å². The molecule has 2 aliphatic rings. The van der Waals surface area contributed by atoms with Gasteiger partial charge < -0.3 is 111 Å². The second-order valence-corrected chi connectivity index (χ2v) is 13.4. The highest BCUT2D eigenvalue weighted by molar-refractivity contribution is 5.78. The molecule has 62 heavy (non-hydrogen) atoms. The van der Waals surface area contributed by atoms with Gasteiger partial charge in [0, 0.05) is 25.9 Å². The van der Waals surface area contributed by atoms with Gasteiger partial charge >= 0.3 is 35.8 Å². The molecule has 358 valence electrons. The van der Waals surface area contributed by atoms with Gasteiger partial charge in [-0.2, -0.15) is 0 Å². The van der Waals surface area contributed by atoms with E-state index in [9.17, 15) is 38.7 Å². The number of aromatic hydroxyl groups is 2. The van der Waals surface area contributed by atoms with E-state index in [0.29, 0.717) is 38.8 Å². The molecule has 0 aliphatic carbocycles. The average Bonchev–Trinajstić information content (AvgIpc) is 3.83. The lowest BCUT2D eigenvalue weighted by molar-refractivity contribution is -0.142. The van der Waals surface area contributed by atoms with Gasteiger partial charge in [-0.3, -0.25) is 33.6 Å². The summed E-state index contributed by atoms with van der Waals surface area (Å²) in [6.07, 6.45) is -3.22. The number of nitrogens with one attached hydrogen (secondary N) is 2. The fourth-order valence-corrected chi connectivity index (χ4v) is 4.21. The minimum absolute atomic E-state index is 0.00579. The third-order valence-electron chi connectivity index (χ3n) is 7.99. The highest BCUT2D eigenvalue weighted by Gasteiger charge is 2.30. The number of carbonyl (C=O) groups excluding carboxylic acids is 1. The third kappa shape index (κ3) is 29.0. The Bertz CT molecular complexity index is 1540. The maximum atomic E-state index is 10.4. The molecule has 2 heterocycles. The van der Waals surface area contributed by atoms with E-state index in [1.54, 1.807) is 6.07 Å². The first kappa shape index (κ1) is 60.9. The van der Waals surface area contributed by atoms with Crippen LogP contribution >= 0.6 is 0 Å². The van der Waals surface area contributed by atoms with Crippen LogP contribution in [-0.4, -0.2) is 195 Å². The first-order valence-corrected chi connectivity index (χ1v) is 18.3. The summed E-state index contributed by atoms with van der Waals surface area (Å²) in [4.78, 5) is 71.0. The van der Waals surface area contributed by atoms with Crippen molar-refractivity contribution in [3.63, 3.8) is 0 Å². The summed E-state index contributed by atoms with van der Waals surface area (Å²) in [5.41, 5.74) is 30.7. The molecular formula is C34H62N8O20. The Kier molecular flexibility index (Phi) is 31.8. The Hall–Kier alpha value is -5.37. The summed E-state index contributed by atoms with van der Waals surface area (Å²) in [5, 5.41) is 117. The molecule has 0 aromatic heterocycles. The molecule has 4 unspecified atom stereocenters. The zero-order valence-corrected chi connectivity index (χ0v) is 33.6. The number of phenolic OH excluding ortho intramolecular Hbond substituents is 2. The van der Waals surface area contributed by atoms with Crippen LogP contribution in [0.1, 0.15) is 44.6 Å². The molecule has 28 nitrogen and oxygen atoms in total. The number of aliphatic hydroxyl groups is 5. The first-order valence-electron chi connectivity index (χ1n) is 18.3. The van der Waals surface area contributed by atoms with Crippen LogP contribution < -0.4 is 45.0 Å². The van der Waals surface area contributed by atoms with Gasteiger partial charge in [-0.1, -0.05) is 6.07 Å². The molecule has 0 bridgehead atoms. The SMILES string of the molecule is C[C@@H](O)[C@H](N)C(=O)O.NC(=O)CC(O)[C@H](N)C(=O)O.NCC(O)C[C@H](N)C(=O)O.N[C@@H](CCc1ccc(O)c(O)c1)C(=O)O.O=C(O)[C@@H]1CC(O)CN1.O=C(O)[C@H]1NCCC1O. The number of hydrogen-bond donors (Lipinski definition) is 21. The molecule has 0 saturated carbocycles. The van der Waals surface area contributed by atoms with Crippen LogP contribution in [0, 0.1) is 0 Å². The maximum absolute atomic E-state index is 10.4. The summed E-state index contributed by atoms with van der Waals surface area (Å²) in [6.45, 7) is 2.37. The number of β-amino-alcohol motifs (C(OH)–C–C–N with tert-alkyl or cyclic N) is 1. The molecule has 2 fully saturated rings. The van der Waals surface area contributed by atoms with Crippen LogP contribution in [0.3, 0.4) is 0 Å². The van der Waals surface area contributed by atoms with Crippen LogP contribution in [0.15, 0.2) is 18.2 Å². The zero-order chi connectivity index (χ0) is 49.0. The lowest BCUT2D eigenvalue weighted by atomic mass is 10.1. The second-order valence-electron chi connectivity index (χ2n) is 13.4. The van der Waals surface area contributed by atoms with E-state index in [2.05, 4.69) is 16.4 Å². The molecule has 1 amide bonds. The Balaban J connectivity index is -0.000000683. The fraction of sp³-hybridized carbons (Fsp3) is 0.618. The number of aliphatic carboxylic acids is 6. The number of phenols is 2. The van der Waals surface area contributed by atoms with E-state index < -0.39 is 115 Å². The van der Waals surface area contributed by atoms with Crippen molar-refractivity contribution in [2.45, 2.75) is 112 Å². The maximum Gasteiger partial charge on any atom is 0.323 e. The molecule has 1 aromatic rings. The van der Waals surface area contributed by atoms with Crippen molar-refractivity contribution in [1.29, 1.82) is 0 Å². The highest BCUT2D eigenvalue weighted by Crippen LogP contribution is 2.25. The first-order chi connectivity index (χ1) is 28.5. The fourth-order valence-electron chi connectivity index (χ4n) is 4.21. The van der Waals surface area contributed by atoms with Crippen molar-refractivity contribution < 1.29 is 99.9 Å². The number of aryl methyl sites for hydroxylation is 1. The third-order valence-corrected chi connectivity index (χ3v) is 7.99. The predicted octanol–water partition coefficient (Wildman–Crippen LogP) is -7.45. The van der Waals surface area contributed by atoms with E-state index in [1.807, 2.05) is 0 Å². The molecule has 2 saturated heterocycles. The van der Waals surface area contributed by atoms with Gasteiger partial charge in [0.25, 0.3) is 0 Å². The summed E-state index contributed by atoms with van der Waals surface area (Å²) < 4.78 is 0. The largest absolute Gasteiger partial charge is 0.504 e. The number of rotatable bonds is 16. The summed E-state index contributed by atoms with van der Waals surface area (Å²) in [7, 11) is 0. The minimum atomic E-state index is -1.46. The van der Waals surface area contributed by atoms with Gasteiger partial charge in [0.1, 0.15) is 36.3 Å². The van der Waals surface area contributed by atoms with Gasteiger partial charge in [0.15, 0.2) is 11.5 Å². The van der Waals surface area contributed by atoms with E-state index in [0.717, 1.165) is 5.56 Å². The number of carboxylic acids is 6. The topological polar surface area (TPSA) is 563 Å². The quantitative estimate of drug-likeness (QED) is 0.0685. The van der Waals surface area contributed by atoms with Crippen molar-refractivity contribution in [2.75, 3.05) is 19.6 Å². The zero-order valence-electron chi connectivity index (χ0n) is 33.6. The van der Waals surface area contributed by atoms with E-state index >= 15 is 0 Å². The minimum Gasteiger partial charge on any atom is -0.504 e. The van der Waals surface area contributed by atoms with Crippen LogP contribution in [0.2, 0.25) is 0 Å². The average molecular weight is 903 g/mol. The number of amides is 1. The number of primary amides is 1. The number of nitrogens with two attached hydrogens (primary N) is 6. The second kappa shape index (κ2) is 32.4. The van der Waals surface area contributed by atoms with Gasteiger partial charge in [0.05, 0.1) is 36.9 Å². The smallest absolute Gasteiger partial charge is 0.323 e. The molecule has 1 aromatic carbocycles. The van der Waals surface area contributed by atoms with E-state index in [4.69, 9.17) is 89.9 Å². The number of aliphatic hydroxyl groups excluding tert-OH is 5. The standard InChI is InChI=1S/C10H13NO4.C5H10N2O4.C5H12N2O3.2C5H9NO3.C4H9NO3/c11-7(10(14)15)3-1-6-2-4-8(12)9(13)5-6;6-3(9)1-2(8)4(7)5(10)11;6-2-3(8)1-4(7)5(9)10;7-3-1-4(5(8)9)6-2-3;7-3-1-2-6-4(3)5(8)9;1-2(6)3(5)4(7)8/h2,4-5,7,12-13H,1,3,11H2,(H,14,15);2,4,8H,1,7H2,(H2,6,9)(H,10,11);3-4,8H,1-2,6-7H2,(H,9,10);2*3-4,6-7H,1-2H2,(H,8,9);2-3,6H,5H2,1H3,(H,7,8)/t7-;2?,4-;3*3?,4-;2-,3+/m000001/s1. The molecule has 0 spiro atoms. The summed E-state index contributed by atoms with van der Waals surface area (Å²) in [5.74, 6) is -7.75. The van der Waals surface area contributed by atoms with Crippen LogP contribution in [-0.2, 0) is 40.0 Å². The van der Waals surface area contributed by atoms with Crippen molar-refractivity contribution in [2.24, 2.45) is 34.4 Å². The van der Waals surface area contributed by atoms with Gasteiger partial charge in [-0.25, -0.2) is 0 Å². The molecule has 11 atom stereocenters. The molecule has 28 heteroatoms. The van der Waals surface area contributed by atoms with Crippen LogP contribution in [0.25, 0.3) is 0 Å². The summed E-state index contributed by atoms with van der Waals surface area (Å²) >= 11 is 0. The van der Waals surface area contributed by atoms with Crippen molar-refractivity contribution in [3.8, 4) is 11.5 Å². The number of carboxylic acid groups (broad SMARTS) is 6. The normalized spacial score (nSPS) is 20.7. The monoisotopic (exact) mass is 902 g/mol. The molecule has 27 N–H and O–H groups in total. The molecule has 2 aliphatic heterocycles. The van der Waals surface area contributed by atoms with Crippen molar-refractivity contribution in [3.05, 3.63) is 23.8 Å². The van der Waals surface area contributed by atoms with Crippen LogP contribution in [0.4, 0.5) is 0 Å². The van der Waals surface area contributed by atoms with Gasteiger partial charge in [0.2, 0.25) is 5.91 Å². The highest BCUT2D eigenvalue weighted by atomic mass is 16.4. The Morgan fingerprint density at radius 1 is 0.758 bits per heavy atom. The van der Waals surface area contributed by atoms with E-state index in [1.165, 1.54) is 19.1 Å². The van der Waals surface area contributed by atoms with E-state index in [-0.39, 0.29) is 24.5 Å². The Labute approximate surface area is 353 Å². The lowest BCUT2D eigenvalue weighted by Gasteiger charge is -2.11. The lowest BCUT2D eigenvalue weighted by Crippen LogP contribution is -2.43. The van der Waals surface area contributed by atoms with Crippen LogP contribution in [0.5, 0.6) is 11.5 Å². The van der Waals surface area contributed by atoms with Crippen molar-refractivity contribution >= 4 is 41.7 Å². The molecule has 3 rings (SSSR count). The summed E-state index contributed by atoms with van der Waals surface area (Å²) in [6, 6.07) is -1.45. The Morgan fingerprint density at radius 3 is 1.58 bits per heavy atom. The molecular weight excluding hydrogens is 840 g/mol. The van der Waals surface area contributed by atoms with Gasteiger partial charge in [-0.05, 0) is 50.4 Å². The molecule has 0 radical (unpaired) electrons. The van der Waals surface area contributed by atoms with Gasteiger partial charge in [-0.15, -0.1) is 0 Å². The number of benzene rings is 1. The predicted molar refractivity (Wildman–Crippen MR) is 212 cm³/mol.